The SMILES string of the molecule is OCC(NCC1CC2C=CC1C2)c1cc(F)c(F)c(F)c1. The van der Waals surface area contributed by atoms with Crippen LogP contribution in [0, 0.1) is 35.2 Å². The quantitative estimate of drug-likeness (QED) is 0.647. The van der Waals surface area contributed by atoms with Gasteiger partial charge in [0.25, 0.3) is 0 Å². The van der Waals surface area contributed by atoms with E-state index in [2.05, 4.69) is 17.5 Å². The first kappa shape index (κ1) is 14.6. The third-order valence-corrected chi connectivity index (χ3v) is 4.63. The second kappa shape index (κ2) is 5.81. The van der Waals surface area contributed by atoms with Crippen molar-refractivity contribution in [3.8, 4) is 0 Å². The maximum atomic E-state index is 13.3. The van der Waals surface area contributed by atoms with Gasteiger partial charge in [-0.2, -0.15) is 0 Å². The van der Waals surface area contributed by atoms with E-state index in [0.29, 0.717) is 24.3 Å². The van der Waals surface area contributed by atoms with Crippen LogP contribution in [-0.2, 0) is 0 Å². The largest absolute Gasteiger partial charge is 0.394 e. The number of hydrogen-bond acceptors (Lipinski definition) is 2. The predicted octanol–water partition coefficient (Wildman–Crippen LogP) is 2.94. The molecule has 2 nitrogen and oxygen atoms in total. The van der Waals surface area contributed by atoms with Gasteiger partial charge in [0.15, 0.2) is 17.5 Å². The second-order valence-corrected chi connectivity index (χ2v) is 5.98. The molecule has 0 amide bonds. The Bertz CT molecular complexity index is 537. The van der Waals surface area contributed by atoms with E-state index in [4.69, 9.17) is 0 Å². The first-order chi connectivity index (χ1) is 10.1. The van der Waals surface area contributed by atoms with E-state index in [9.17, 15) is 18.3 Å². The maximum absolute atomic E-state index is 13.3. The zero-order chi connectivity index (χ0) is 15.0. The number of halogens is 3. The van der Waals surface area contributed by atoms with Crippen molar-refractivity contribution in [3.63, 3.8) is 0 Å². The van der Waals surface area contributed by atoms with Gasteiger partial charge in [-0.25, -0.2) is 13.2 Å². The van der Waals surface area contributed by atoms with Crippen molar-refractivity contribution in [2.75, 3.05) is 13.2 Å². The molecule has 0 heterocycles. The molecule has 1 fully saturated rings. The molecule has 2 aliphatic carbocycles. The van der Waals surface area contributed by atoms with Crippen LogP contribution in [0.1, 0.15) is 24.4 Å². The second-order valence-electron chi connectivity index (χ2n) is 5.98. The summed E-state index contributed by atoms with van der Waals surface area (Å²) in [6.45, 7) is 0.387. The summed E-state index contributed by atoms with van der Waals surface area (Å²) < 4.78 is 39.5. The molecule has 4 unspecified atom stereocenters. The molecule has 0 radical (unpaired) electrons. The van der Waals surface area contributed by atoms with Crippen molar-refractivity contribution in [3.05, 3.63) is 47.3 Å². The summed E-state index contributed by atoms with van der Waals surface area (Å²) in [6, 6.07) is 1.29. The Morgan fingerprint density at radius 3 is 2.38 bits per heavy atom. The first-order valence-corrected chi connectivity index (χ1v) is 7.25. The molecular weight excluding hydrogens is 279 g/mol. The van der Waals surface area contributed by atoms with Crippen LogP contribution in [0.2, 0.25) is 0 Å². The molecule has 114 valence electrons. The van der Waals surface area contributed by atoms with E-state index in [-0.39, 0.29) is 12.2 Å². The smallest absolute Gasteiger partial charge is 0.194 e. The van der Waals surface area contributed by atoms with Gasteiger partial charge in [0.05, 0.1) is 12.6 Å². The number of allylic oxidation sites excluding steroid dienone is 2. The number of benzene rings is 1. The third-order valence-electron chi connectivity index (χ3n) is 4.63. The van der Waals surface area contributed by atoms with E-state index in [1.54, 1.807) is 0 Å². The van der Waals surface area contributed by atoms with Crippen LogP contribution >= 0.6 is 0 Å². The van der Waals surface area contributed by atoms with Crippen molar-refractivity contribution >= 4 is 0 Å². The molecule has 2 bridgehead atoms. The molecule has 2 N–H and O–H groups in total. The molecule has 0 spiro atoms. The Hall–Kier alpha value is -1.33. The van der Waals surface area contributed by atoms with Crippen molar-refractivity contribution in [2.45, 2.75) is 18.9 Å². The van der Waals surface area contributed by atoms with Crippen molar-refractivity contribution < 1.29 is 18.3 Å². The van der Waals surface area contributed by atoms with E-state index in [1.165, 1.54) is 6.42 Å². The summed E-state index contributed by atoms with van der Waals surface area (Å²) in [6.07, 6.45) is 6.76. The third kappa shape index (κ3) is 2.85. The van der Waals surface area contributed by atoms with Gasteiger partial charge in [0.2, 0.25) is 0 Å². The molecule has 1 saturated carbocycles. The van der Waals surface area contributed by atoms with Gasteiger partial charge in [-0.05, 0) is 54.8 Å². The molecule has 4 atom stereocenters. The van der Waals surface area contributed by atoms with E-state index >= 15 is 0 Å². The Morgan fingerprint density at radius 2 is 1.86 bits per heavy atom. The van der Waals surface area contributed by atoms with Crippen LogP contribution < -0.4 is 5.32 Å². The average molecular weight is 297 g/mol. The summed E-state index contributed by atoms with van der Waals surface area (Å²) in [4.78, 5) is 0. The van der Waals surface area contributed by atoms with E-state index in [0.717, 1.165) is 18.6 Å². The maximum Gasteiger partial charge on any atom is 0.194 e. The highest BCUT2D eigenvalue weighted by molar-refractivity contribution is 5.23. The van der Waals surface area contributed by atoms with Gasteiger partial charge in [-0.15, -0.1) is 0 Å². The lowest BCUT2D eigenvalue weighted by atomic mass is 9.93. The Kier molecular flexibility index (Phi) is 4.04. The number of hydrogen-bond donors (Lipinski definition) is 2. The Morgan fingerprint density at radius 1 is 1.14 bits per heavy atom. The summed E-state index contributed by atoms with van der Waals surface area (Å²) in [5.41, 5.74) is 0.229. The molecule has 3 rings (SSSR count). The molecule has 0 saturated heterocycles. The minimum atomic E-state index is -1.48. The van der Waals surface area contributed by atoms with Gasteiger partial charge in [-0.1, -0.05) is 12.2 Å². The standard InChI is InChI=1S/C16H18F3NO/c17-13-5-11(6-14(18)16(13)19)15(8-21)20-7-12-4-9-1-2-10(12)3-9/h1-2,5-6,9-10,12,15,20-21H,3-4,7-8H2. The Labute approximate surface area is 121 Å². The van der Waals surface area contributed by atoms with Crippen molar-refractivity contribution in [1.29, 1.82) is 0 Å². The molecular formula is C16H18F3NO. The molecule has 2 aliphatic rings. The summed E-state index contributed by atoms with van der Waals surface area (Å²) in [5, 5.41) is 12.6. The fourth-order valence-corrected chi connectivity index (χ4v) is 3.49. The van der Waals surface area contributed by atoms with Crippen LogP contribution in [0.25, 0.3) is 0 Å². The first-order valence-electron chi connectivity index (χ1n) is 7.25. The molecule has 1 aromatic rings. The van der Waals surface area contributed by atoms with Crippen LogP contribution in [0.3, 0.4) is 0 Å². The lowest BCUT2D eigenvalue weighted by Gasteiger charge is -2.23. The minimum absolute atomic E-state index is 0.229. The molecule has 1 aromatic carbocycles. The van der Waals surface area contributed by atoms with Crippen LogP contribution in [0.15, 0.2) is 24.3 Å². The van der Waals surface area contributed by atoms with E-state index in [1.807, 2.05) is 0 Å². The fourth-order valence-electron chi connectivity index (χ4n) is 3.49. The lowest BCUT2D eigenvalue weighted by molar-refractivity contribution is 0.234. The molecule has 0 aliphatic heterocycles. The lowest BCUT2D eigenvalue weighted by Crippen LogP contribution is -2.31. The van der Waals surface area contributed by atoms with Gasteiger partial charge >= 0.3 is 0 Å². The number of rotatable bonds is 5. The average Bonchev–Trinajstić information content (AvgIpc) is 3.08. The normalized spacial score (nSPS) is 28.3. The van der Waals surface area contributed by atoms with Crippen molar-refractivity contribution in [1.82, 2.24) is 5.32 Å². The highest BCUT2D eigenvalue weighted by Crippen LogP contribution is 2.43. The number of fused-ring (bicyclic) bond motifs is 2. The fraction of sp³-hybridized carbons (Fsp3) is 0.500. The number of nitrogens with one attached hydrogen (secondary N) is 1. The van der Waals surface area contributed by atoms with Crippen molar-refractivity contribution in [2.24, 2.45) is 17.8 Å². The Balaban J connectivity index is 1.66. The van der Waals surface area contributed by atoms with Crippen LogP contribution in [-0.4, -0.2) is 18.3 Å². The minimum Gasteiger partial charge on any atom is -0.394 e. The van der Waals surface area contributed by atoms with Gasteiger partial charge < -0.3 is 10.4 Å². The predicted molar refractivity (Wildman–Crippen MR) is 73.0 cm³/mol. The molecule has 21 heavy (non-hydrogen) atoms. The highest BCUT2D eigenvalue weighted by Gasteiger charge is 2.35. The summed E-state index contributed by atoms with van der Waals surface area (Å²) in [5.74, 6) is -2.24. The van der Waals surface area contributed by atoms with Crippen LogP contribution in [0.5, 0.6) is 0 Å². The van der Waals surface area contributed by atoms with Gasteiger partial charge in [0, 0.05) is 0 Å². The zero-order valence-electron chi connectivity index (χ0n) is 11.5. The zero-order valence-corrected chi connectivity index (χ0v) is 11.5. The van der Waals surface area contributed by atoms with Crippen LogP contribution in [0.4, 0.5) is 13.2 Å². The monoisotopic (exact) mass is 297 g/mol. The van der Waals surface area contributed by atoms with Gasteiger partial charge in [-0.3, -0.25) is 0 Å². The van der Waals surface area contributed by atoms with Gasteiger partial charge in [0.1, 0.15) is 0 Å². The highest BCUT2D eigenvalue weighted by atomic mass is 19.2. The number of aliphatic hydroxyl groups is 1. The summed E-state index contributed by atoms with van der Waals surface area (Å²) in [7, 11) is 0. The van der Waals surface area contributed by atoms with E-state index < -0.39 is 23.5 Å². The molecule has 5 heteroatoms. The number of aliphatic hydroxyl groups excluding tert-OH is 1. The topological polar surface area (TPSA) is 32.3 Å². The summed E-state index contributed by atoms with van der Waals surface area (Å²) >= 11 is 0. The molecule has 0 aromatic heterocycles.